The van der Waals surface area contributed by atoms with E-state index in [-0.39, 0.29) is 6.10 Å². The Kier molecular flexibility index (Phi) is 3.92. The number of aliphatic hydroxyl groups excluding tert-OH is 1. The van der Waals surface area contributed by atoms with E-state index in [4.69, 9.17) is 0 Å². The van der Waals surface area contributed by atoms with Crippen LogP contribution in [0.15, 0.2) is 29.2 Å². The second-order valence-corrected chi connectivity index (χ2v) is 6.53. The van der Waals surface area contributed by atoms with Gasteiger partial charge in [-0.3, -0.25) is 0 Å². The Bertz CT molecular complexity index is 409. The van der Waals surface area contributed by atoms with Crippen molar-refractivity contribution < 1.29 is 5.11 Å². The first-order valence-electron chi connectivity index (χ1n) is 6.98. The maximum atomic E-state index is 9.87. The molecule has 1 fully saturated rings. The fraction of sp³-hybridized carbons (Fsp3) is 0.600. The van der Waals surface area contributed by atoms with Crippen molar-refractivity contribution >= 4 is 11.8 Å². The van der Waals surface area contributed by atoms with E-state index in [2.05, 4.69) is 29.6 Å². The average Bonchev–Trinajstić information content (AvgIpc) is 2.82. The first-order chi connectivity index (χ1) is 8.84. The van der Waals surface area contributed by atoms with Crippen LogP contribution in [0.25, 0.3) is 0 Å². The summed E-state index contributed by atoms with van der Waals surface area (Å²) in [6.07, 6.45) is 4.47. The molecule has 0 aromatic heterocycles. The Labute approximate surface area is 113 Å². The van der Waals surface area contributed by atoms with Crippen LogP contribution in [-0.2, 0) is 0 Å². The molecule has 1 saturated carbocycles. The third-order valence-electron chi connectivity index (χ3n) is 4.20. The first-order valence-corrected chi connectivity index (χ1v) is 7.96. The molecule has 0 saturated heterocycles. The Morgan fingerprint density at radius 3 is 2.94 bits per heavy atom. The van der Waals surface area contributed by atoms with Gasteiger partial charge in [-0.1, -0.05) is 24.6 Å². The number of rotatable bonds is 3. The minimum absolute atomic E-state index is 0.0780. The topological polar surface area (TPSA) is 32.3 Å². The van der Waals surface area contributed by atoms with Gasteiger partial charge in [-0.2, -0.15) is 0 Å². The first kappa shape index (κ1) is 12.5. The van der Waals surface area contributed by atoms with E-state index in [1.807, 2.05) is 11.8 Å². The SMILES string of the molecule is OC1CCCC1CNC1CCSc2ccccc21. The van der Waals surface area contributed by atoms with Crippen molar-refractivity contribution in [2.24, 2.45) is 5.92 Å². The minimum Gasteiger partial charge on any atom is -0.393 e. The molecule has 2 N–H and O–H groups in total. The summed E-state index contributed by atoms with van der Waals surface area (Å²) in [5.41, 5.74) is 1.45. The van der Waals surface area contributed by atoms with Crippen molar-refractivity contribution in [1.82, 2.24) is 5.32 Å². The molecular formula is C15H21NOS. The third kappa shape index (κ3) is 2.58. The Hall–Kier alpha value is -0.510. The lowest BCUT2D eigenvalue weighted by Gasteiger charge is -2.27. The van der Waals surface area contributed by atoms with E-state index in [1.165, 1.54) is 35.5 Å². The summed E-state index contributed by atoms with van der Waals surface area (Å²) in [6, 6.07) is 9.19. The van der Waals surface area contributed by atoms with Crippen LogP contribution in [0.4, 0.5) is 0 Å². The molecule has 1 aromatic carbocycles. The van der Waals surface area contributed by atoms with Crippen molar-refractivity contribution in [3.05, 3.63) is 29.8 Å². The summed E-state index contributed by atoms with van der Waals surface area (Å²) in [5.74, 6) is 1.66. The van der Waals surface area contributed by atoms with Gasteiger partial charge >= 0.3 is 0 Å². The second kappa shape index (κ2) is 5.64. The molecule has 3 atom stereocenters. The van der Waals surface area contributed by atoms with E-state index in [9.17, 15) is 5.11 Å². The van der Waals surface area contributed by atoms with Crippen LogP contribution in [0, 0.1) is 5.92 Å². The molecule has 0 radical (unpaired) electrons. The number of hydrogen-bond acceptors (Lipinski definition) is 3. The highest BCUT2D eigenvalue weighted by Crippen LogP contribution is 2.36. The van der Waals surface area contributed by atoms with Gasteiger partial charge in [-0.05, 0) is 42.6 Å². The largest absolute Gasteiger partial charge is 0.393 e. The second-order valence-electron chi connectivity index (χ2n) is 5.39. The quantitative estimate of drug-likeness (QED) is 0.879. The van der Waals surface area contributed by atoms with Crippen molar-refractivity contribution in [3.63, 3.8) is 0 Å². The molecule has 1 heterocycles. The van der Waals surface area contributed by atoms with E-state index < -0.39 is 0 Å². The van der Waals surface area contributed by atoms with Gasteiger partial charge in [0.2, 0.25) is 0 Å². The summed E-state index contributed by atoms with van der Waals surface area (Å²) in [4.78, 5) is 1.42. The molecule has 1 aliphatic carbocycles. The van der Waals surface area contributed by atoms with Crippen molar-refractivity contribution in [3.8, 4) is 0 Å². The Balaban J connectivity index is 1.64. The van der Waals surface area contributed by atoms with Crippen LogP contribution in [0.1, 0.15) is 37.3 Å². The maximum absolute atomic E-state index is 9.87. The van der Waals surface area contributed by atoms with Crippen LogP contribution >= 0.6 is 11.8 Å². The fourth-order valence-electron chi connectivity index (χ4n) is 3.10. The molecule has 2 nitrogen and oxygen atoms in total. The van der Waals surface area contributed by atoms with Crippen LogP contribution in [0.5, 0.6) is 0 Å². The normalized spacial score (nSPS) is 31.3. The molecule has 98 valence electrons. The number of hydrogen-bond donors (Lipinski definition) is 2. The minimum atomic E-state index is -0.0780. The lowest BCUT2D eigenvalue weighted by atomic mass is 10.0. The molecule has 3 unspecified atom stereocenters. The van der Waals surface area contributed by atoms with E-state index in [1.54, 1.807) is 0 Å². The number of benzene rings is 1. The third-order valence-corrected chi connectivity index (χ3v) is 5.33. The number of thioether (sulfide) groups is 1. The molecular weight excluding hydrogens is 242 g/mol. The van der Waals surface area contributed by atoms with Gasteiger partial charge in [0.1, 0.15) is 0 Å². The molecule has 3 rings (SSSR count). The predicted octanol–water partition coefficient (Wildman–Crippen LogP) is 2.97. The van der Waals surface area contributed by atoms with Crippen molar-refractivity contribution in [1.29, 1.82) is 0 Å². The van der Waals surface area contributed by atoms with E-state index >= 15 is 0 Å². The summed E-state index contributed by atoms with van der Waals surface area (Å²) >= 11 is 1.96. The summed E-state index contributed by atoms with van der Waals surface area (Å²) in [5, 5.41) is 13.5. The Morgan fingerprint density at radius 1 is 1.22 bits per heavy atom. The lowest BCUT2D eigenvalue weighted by molar-refractivity contribution is 0.129. The Morgan fingerprint density at radius 2 is 2.11 bits per heavy atom. The zero-order chi connectivity index (χ0) is 12.4. The molecule has 3 heteroatoms. The van der Waals surface area contributed by atoms with Gasteiger partial charge in [0.05, 0.1) is 6.10 Å². The van der Waals surface area contributed by atoms with E-state index in [0.29, 0.717) is 12.0 Å². The average molecular weight is 263 g/mol. The van der Waals surface area contributed by atoms with Gasteiger partial charge in [-0.25, -0.2) is 0 Å². The highest BCUT2D eigenvalue weighted by molar-refractivity contribution is 7.99. The standard InChI is InChI=1S/C15H21NOS/c17-14-6-3-4-11(14)10-16-13-8-9-18-15-7-2-1-5-12(13)15/h1-2,5,7,11,13-14,16-17H,3-4,6,8-10H2. The molecule has 1 aromatic rings. The van der Waals surface area contributed by atoms with Crippen LogP contribution < -0.4 is 5.32 Å². The molecule has 0 amide bonds. The van der Waals surface area contributed by atoms with Crippen molar-refractivity contribution in [2.75, 3.05) is 12.3 Å². The smallest absolute Gasteiger partial charge is 0.0580 e. The highest BCUT2D eigenvalue weighted by Gasteiger charge is 2.27. The zero-order valence-electron chi connectivity index (χ0n) is 10.6. The number of nitrogens with one attached hydrogen (secondary N) is 1. The van der Waals surface area contributed by atoms with Crippen LogP contribution in [0.2, 0.25) is 0 Å². The summed E-state index contributed by atoms with van der Waals surface area (Å²) < 4.78 is 0. The fourth-order valence-corrected chi connectivity index (χ4v) is 4.23. The number of aliphatic hydroxyl groups is 1. The molecule has 18 heavy (non-hydrogen) atoms. The lowest BCUT2D eigenvalue weighted by Crippen LogP contribution is -2.32. The summed E-state index contributed by atoms with van der Waals surface area (Å²) in [6.45, 7) is 0.963. The zero-order valence-corrected chi connectivity index (χ0v) is 11.5. The van der Waals surface area contributed by atoms with Gasteiger partial charge < -0.3 is 10.4 Å². The van der Waals surface area contributed by atoms with Gasteiger partial charge in [-0.15, -0.1) is 11.8 Å². The molecule has 0 spiro atoms. The van der Waals surface area contributed by atoms with Gasteiger partial charge in [0, 0.05) is 17.5 Å². The maximum Gasteiger partial charge on any atom is 0.0580 e. The van der Waals surface area contributed by atoms with Crippen LogP contribution in [-0.4, -0.2) is 23.5 Å². The molecule has 2 aliphatic rings. The number of fused-ring (bicyclic) bond motifs is 1. The van der Waals surface area contributed by atoms with Gasteiger partial charge in [0.25, 0.3) is 0 Å². The van der Waals surface area contributed by atoms with E-state index in [0.717, 1.165) is 13.0 Å². The highest BCUT2D eigenvalue weighted by atomic mass is 32.2. The van der Waals surface area contributed by atoms with Crippen LogP contribution in [0.3, 0.4) is 0 Å². The predicted molar refractivity (Wildman–Crippen MR) is 75.9 cm³/mol. The summed E-state index contributed by atoms with van der Waals surface area (Å²) in [7, 11) is 0. The van der Waals surface area contributed by atoms with Crippen molar-refractivity contribution in [2.45, 2.75) is 42.7 Å². The van der Waals surface area contributed by atoms with Gasteiger partial charge in [0.15, 0.2) is 0 Å². The monoisotopic (exact) mass is 263 g/mol. The molecule has 0 bridgehead atoms. The molecule has 1 aliphatic heterocycles.